The quantitative estimate of drug-likeness (QED) is 0.769. The van der Waals surface area contributed by atoms with E-state index in [9.17, 15) is 0 Å². The maximum Gasteiger partial charge on any atom is 0.144 e. The third-order valence-corrected chi connectivity index (χ3v) is 3.22. The van der Waals surface area contributed by atoms with Crippen LogP contribution in [0.2, 0.25) is 0 Å². The summed E-state index contributed by atoms with van der Waals surface area (Å²) < 4.78 is 11.0. The summed E-state index contributed by atoms with van der Waals surface area (Å²) in [7, 11) is 1.74. The molecule has 0 radical (unpaired) electrons. The van der Waals surface area contributed by atoms with Crippen LogP contribution in [0.25, 0.3) is 0 Å². The molecular weight excluding hydrogens is 240 g/mol. The molecule has 0 aromatic heterocycles. The number of methoxy groups -OCH3 is 1. The van der Waals surface area contributed by atoms with E-state index in [1.54, 1.807) is 7.11 Å². The molecule has 1 aliphatic carbocycles. The molecule has 2 rings (SSSR count). The molecule has 0 saturated heterocycles. The van der Waals surface area contributed by atoms with Gasteiger partial charge in [-0.2, -0.15) is 0 Å². The minimum atomic E-state index is 0.130. The predicted octanol–water partition coefficient (Wildman–Crippen LogP) is 2.67. The molecule has 1 aromatic carbocycles. The molecule has 2 N–H and O–H groups in total. The minimum Gasteiger partial charge on any atom is -0.489 e. The standard InChI is InChI=1S/C15H24N2O2/c1-11(2)19-15-10-13(6-7-14(15)16)17(8-9-18-3)12-4-5-12/h6-7,10-12H,4-5,8-9,16H2,1-3H3. The maximum absolute atomic E-state index is 5.96. The fourth-order valence-corrected chi connectivity index (χ4v) is 2.16. The molecule has 1 saturated carbocycles. The monoisotopic (exact) mass is 264 g/mol. The van der Waals surface area contributed by atoms with E-state index in [1.165, 1.54) is 18.5 Å². The fraction of sp³-hybridized carbons (Fsp3) is 0.600. The zero-order chi connectivity index (χ0) is 13.8. The molecule has 106 valence electrons. The Kier molecular flexibility index (Phi) is 4.53. The van der Waals surface area contributed by atoms with Gasteiger partial charge in [0.15, 0.2) is 0 Å². The molecule has 4 heteroatoms. The van der Waals surface area contributed by atoms with Gasteiger partial charge in [-0.3, -0.25) is 0 Å². The van der Waals surface area contributed by atoms with Crippen LogP contribution in [0.3, 0.4) is 0 Å². The first kappa shape index (κ1) is 14.0. The Morgan fingerprint density at radius 1 is 1.37 bits per heavy atom. The van der Waals surface area contributed by atoms with Crippen molar-refractivity contribution in [2.45, 2.75) is 38.8 Å². The Balaban J connectivity index is 2.17. The van der Waals surface area contributed by atoms with Gasteiger partial charge in [0.05, 0.1) is 18.4 Å². The molecule has 1 fully saturated rings. The Bertz CT molecular complexity index is 417. The average Bonchev–Trinajstić information content (AvgIpc) is 3.17. The van der Waals surface area contributed by atoms with Gasteiger partial charge in [-0.05, 0) is 38.8 Å². The third-order valence-electron chi connectivity index (χ3n) is 3.22. The van der Waals surface area contributed by atoms with Crippen molar-refractivity contribution in [2.24, 2.45) is 0 Å². The number of hydrogen-bond donors (Lipinski definition) is 1. The predicted molar refractivity (Wildman–Crippen MR) is 78.9 cm³/mol. The number of nitrogen functional groups attached to an aromatic ring is 1. The molecule has 0 unspecified atom stereocenters. The topological polar surface area (TPSA) is 47.7 Å². The summed E-state index contributed by atoms with van der Waals surface area (Å²) in [6, 6.07) is 6.68. The summed E-state index contributed by atoms with van der Waals surface area (Å²) in [5.41, 5.74) is 7.83. The molecule has 0 heterocycles. The summed E-state index contributed by atoms with van der Waals surface area (Å²) in [5.74, 6) is 0.774. The smallest absolute Gasteiger partial charge is 0.144 e. The molecule has 1 aliphatic rings. The number of ether oxygens (including phenoxy) is 2. The average molecular weight is 264 g/mol. The van der Waals surface area contributed by atoms with Gasteiger partial charge < -0.3 is 20.1 Å². The summed E-state index contributed by atoms with van der Waals surface area (Å²) in [6.07, 6.45) is 2.65. The van der Waals surface area contributed by atoms with Crippen molar-refractivity contribution in [3.05, 3.63) is 18.2 Å². The van der Waals surface area contributed by atoms with E-state index in [1.807, 2.05) is 26.0 Å². The molecule has 0 bridgehead atoms. The van der Waals surface area contributed by atoms with E-state index in [2.05, 4.69) is 11.0 Å². The second-order valence-electron chi connectivity index (χ2n) is 5.31. The number of benzene rings is 1. The molecule has 19 heavy (non-hydrogen) atoms. The lowest BCUT2D eigenvalue weighted by molar-refractivity contribution is 0.205. The SMILES string of the molecule is COCCN(c1ccc(N)c(OC(C)C)c1)C1CC1. The van der Waals surface area contributed by atoms with Crippen molar-refractivity contribution in [1.82, 2.24) is 0 Å². The second-order valence-corrected chi connectivity index (χ2v) is 5.31. The highest BCUT2D eigenvalue weighted by molar-refractivity contribution is 5.63. The van der Waals surface area contributed by atoms with E-state index >= 15 is 0 Å². The summed E-state index contributed by atoms with van der Waals surface area (Å²) in [6.45, 7) is 5.67. The van der Waals surface area contributed by atoms with Gasteiger partial charge in [-0.1, -0.05) is 0 Å². The Hall–Kier alpha value is -1.42. The van der Waals surface area contributed by atoms with Gasteiger partial charge >= 0.3 is 0 Å². The van der Waals surface area contributed by atoms with Gasteiger partial charge in [0, 0.05) is 31.5 Å². The van der Waals surface area contributed by atoms with Gasteiger partial charge in [0.1, 0.15) is 5.75 Å². The number of anilines is 2. The molecule has 0 atom stereocenters. The normalized spacial score (nSPS) is 14.7. The molecule has 0 spiro atoms. The van der Waals surface area contributed by atoms with Crippen LogP contribution in [0.5, 0.6) is 5.75 Å². The number of rotatable bonds is 7. The van der Waals surface area contributed by atoms with Gasteiger partial charge in [-0.15, -0.1) is 0 Å². The van der Waals surface area contributed by atoms with Crippen molar-refractivity contribution >= 4 is 11.4 Å². The summed E-state index contributed by atoms with van der Waals surface area (Å²) in [4.78, 5) is 2.39. The fourth-order valence-electron chi connectivity index (χ4n) is 2.16. The number of nitrogens with two attached hydrogens (primary N) is 1. The maximum atomic E-state index is 5.96. The number of hydrogen-bond acceptors (Lipinski definition) is 4. The van der Waals surface area contributed by atoms with Gasteiger partial charge in [0.2, 0.25) is 0 Å². The van der Waals surface area contributed by atoms with Crippen molar-refractivity contribution in [2.75, 3.05) is 30.9 Å². The highest BCUT2D eigenvalue weighted by atomic mass is 16.5. The van der Waals surface area contributed by atoms with Crippen molar-refractivity contribution in [3.8, 4) is 5.75 Å². The Morgan fingerprint density at radius 2 is 2.11 bits per heavy atom. The summed E-state index contributed by atoms with van der Waals surface area (Å²) >= 11 is 0. The van der Waals surface area contributed by atoms with Crippen molar-refractivity contribution in [3.63, 3.8) is 0 Å². The lowest BCUT2D eigenvalue weighted by atomic mass is 10.2. The molecule has 0 amide bonds. The molecular formula is C15H24N2O2. The first-order chi connectivity index (χ1) is 9.11. The zero-order valence-electron chi connectivity index (χ0n) is 12.1. The van der Waals surface area contributed by atoms with Crippen LogP contribution in [0.1, 0.15) is 26.7 Å². The summed E-state index contributed by atoms with van der Waals surface area (Å²) in [5, 5.41) is 0. The number of nitrogens with zero attached hydrogens (tertiary/aromatic N) is 1. The van der Waals surface area contributed by atoms with Crippen LogP contribution in [0, 0.1) is 0 Å². The van der Waals surface area contributed by atoms with E-state index in [-0.39, 0.29) is 6.10 Å². The Morgan fingerprint density at radius 3 is 2.68 bits per heavy atom. The van der Waals surface area contributed by atoms with E-state index in [0.717, 1.165) is 18.9 Å². The Labute approximate surface area is 115 Å². The van der Waals surface area contributed by atoms with Gasteiger partial charge in [-0.25, -0.2) is 0 Å². The largest absolute Gasteiger partial charge is 0.489 e. The van der Waals surface area contributed by atoms with Gasteiger partial charge in [0.25, 0.3) is 0 Å². The molecule has 1 aromatic rings. The third kappa shape index (κ3) is 3.77. The van der Waals surface area contributed by atoms with Crippen LogP contribution in [-0.2, 0) is 4.74 Å². The first-order valence-corrected chi connectivity index (χ1v) is 6.93. The van der Waals surface area contributed by atoms with Crippen molar-refractivity contribution in [1.29, 1.82) is 0 Å². The zero-order valence-corrected chi connectivity index (χ0v) is 12.1. The molecule has 0 aliphatic heterocycles. The van der Waals surface area contributed by atoms with Crippen LogP contribution in [0.4, 0.5) is 11.4 Å². The second kappa shape index (κ2) is 6.15. The first-order valence-electron chi connectivity index (χ1n) is 6.93. The minimum absolute atomic E-state index is 0.130. The highest BCUT2D eigenvalue weighted by Gasteiger charge is 2.29. The van der Waals surface area contributed by atoms with E-state index < -0.39 is 0 Å². The van der Waals surface area contributed by atoms with Crippen molar-refractivity contribution < 1.29 is 9.47 Å². The van der Waals surface area contributed by atoms with Crippen LogP contribution >= 0.6 is 0 Å². The van der Waals surface area contributed by atoms with E-state index in [0.29, 0.717) is 11.7 Å². The van der Waals surface area contributed by atoms with Crippen LogP contribution in [0.15, 0.2) is 18.2 Å². The lowest BCUT2D eigenvalue weighted by Gasteiger charge is -2.25. The van der Waals surface area contributed by atoms with Crippen LogP contribution < -0.4 is 15.4 Å². The van der Waals surface area contributed by atoms with E-state index in [4.69, 9.17) is 15.2 Å². The van der Waals surface area contributed by atoms with Crippen LogP contribution in [-0.4, -0.2) is 32.4 Å². The molecule has 4 nitrogen and oxygen atoms in total. The lowest BCUT2D eigenvalue weighted by Crippen LogP contribution is -2.29. The highest BCUT2D eigenvalue weighted by Crippen LogP contribution is 2.35.